The summed E-state index contributed by atoms with van der Waals surface area (Å²) in [7, 11) is 8.34. The molecular formula is C24H32ClN5. The van der Waals surface area contributed by atoms with E-state index in [1.54, 1.807) is 0 Å². The molecule has 0 unspecified atom stereocenters. The molecule has 2 aliphatic rings. The molecule has 2 aromatic rings. The van der Waals surface area contributed by atoms with Gasteiger partial charge in [-0.05, 0) is 42.7 Å². The maximum atomic E-state index is 6.18. The number of nitrogens with zero attached hydrogens (tertiary/aromatic N) is 3. The lowest BCUT2D eigenvalue weighted by atomic mass is 9.79. The second kappa shape index (κ2) is 8.38. The van der Waals surface area contributed by atoms with Crippen molar-refractivity contribution in [2.24, 2.45) is 4.99 Å². The second-order valence-corrected chi connectivity index (χ2v) is 9.30. The van der Waals surface area contributed by atoms with Crippen molar-refractivity contribution in [1.82, 2.24) is 5.32 Å². The molecule has 2 N–H and O–H groups in total. The van der Waals surface area contributed by atoms with E-state index in [9.17, 15) is 0 Å². The standard InChI is InChI=1S/C24H32ClN5/c1-29(2)21-14-19-20(15-22(21)30(3)4)28-24(11-6-5-7-12-24)23(27-19)26-16-17-9-8-10-18(25)13-17/h8-10,13-15,28H,5-7,11-12,16H2,1-4H3,(H,26,27). The second-order valence-electron chi connectivity index (χ2n) is 8.86. The first-order valence-electron chi connectivity index (χ1n) is 10.8. The van der Waals surface area contributed by atoms with E-state index in [0.717, 1.165) is 40.8 Å². The predicted molar refractivity (Wildman–Crippen MR) is 130 cm³/mol. The van der Waals surface area contributed by atoms with Crippen molar-refractivity contribution in [3.8, 4) is 0 Å². The zero-order valence-corrected chi connectivity index (χ0v) is 19.2. The number of benzene rings is 2. The number of anilines is 3. The SMILES string of the molecule is CN(C)c1cc2c(cc1N(C)C)NC1(CCCCC1)C(NCc1cccc(Cl)c1)=N2. The zero-order chi connectivity index (χ0) is 21.3. The molecule has 30 heavy (non-hydrogen) atoms. The summed E-state index contributed by atoms with van der Waals surface area (Å²) in [6.07, 6.45) is 5.93. The summed E-state index contributed by atoms with van der Waals surface area (Å²) in [6.45, 7) is 0.717. The Labute approximate surface area is 185 Å². The molecule has 5 nitrogen and oxygen atoms in total. The summed E-state index contributed by atoms with van der Waals surface area (Å²) in [5.41, 5.74) is 5.53. The number of fused-ring (bicyclic) bond motifs is 1. The molecule has 1 heterocycles. The monoisotopic (exact) mass is 425 g/mol. The van der Waals surface area contributed by atoms with Gasteiger partial charge in [0.05, 0.1) is 28.3 Å². The van der Waals surface area contributed by atoms with Crippen molar-refractivity contribution in [1.29, 1.82) is 0 Å². The van der Waals surface area contributed by atoms with Crippen LogP contribution in [0.1, 0.15) is 37.7 Å². The van der Waals surface area contributed by atoms with Gasteiger partial charge in [0.25, 0.3) is 0 Å². The van der Waals surface area contributed by atoms with Crippen molar-refractivity contribution >= 4 is 40.2 Å². The van der Waals surface area contributed by atoms with Gasteiger partial charge in [-0.1, -0.05) is 43.0 Å². The molecule has 0 radical (unpaired) electrons. The van der Waals surface area contributed by atoms with Gasteiger partial charge in [-0.25, -0.2) is 4.99 Å². The van der Waals surface area contributed by atoms with Crippen LogP contribution in [0.5, 0.6) is 0 Å². The molecule has 1 fully saturated rings. The zero-order valence-electron chi connectivity index (χ0n) is 18.4. The summed E-state index contributed by atoms with van der Waals surface area (Å²) in [5.74, 6) is 1.05. The van der Waals surface area contributed by atoms with Gasteiger partial charge in [0.2, 0.25) is 0 Å². The quantitative estimate of drug-likeness (QED) is 0.686. The fraction of sp³-hybridized carbons (Fsp3) is 0.458. The summed E-state index contributed by atoms with van der Waals surface area (Å²) < 4.78 is 0. The van der Waals surface area contributed by atoms with Crippen LogP contribution < -0.4 is 20.4 Å². The number of hydrogen-bond acceptors (Lipinski definition) is 5. The normalized spacial score (nSPS) is 17.0. The molecular weight excluding hydrogens is 394 g/mol. The van der Waals surface area contributed by atoms with Gasteiger partial charge in [-0.3, -0.25) is 0 Å². The predicted octanol–water partition coefficient (Wildman–Crippen LogP) is 5.42. The third-order valence-electron chi connectivity index (χ3n) is 6.17. The Morgan fingerprint density at radius 3 is 2.37 bits per heavy atom. The largest absolute Gasteiger partial charge is 0.376 e. The van der Waals surface area contributed by atoms with Gasteiger partial charge in [0.15, 0.2) is 0 Å². The fourth-order valence-electron chi connectivity index (χ4n) is 4.58. The number of aliphatic imine (C=N–C) groups is 1. The molecule has 0 amide bonds. The van der Waals surface area contributed by atoms with Crippen LogP contribution in [0.25, 0.3) is 0 Å². The van der Waals surface area contributed by atoms with Crippen molar-refractivity contribution < 1.29 is 0 Å². The summed E-state index contributed by atoms with van der Waals surface area (Å²) >= 11 is 6.18. The average Bonchev–Trinajstić information content (AvgIpc) is 2.72. The number of hydrogen-bond donors (Lipinski definition) is 2. The first kappa shape index (κ1) is 20.9. The Hall–Kier alpha value is -2.40. The molecule has 0 aromatic heterocycles. The van der Waals surface area contributed by atoms with Crippen LogP contribution in [-0.4, -0.2) is 39.6 Å². The van der Waals surface area contributed by atoms with E-state index >= 15 is 0 Å². The van der Waals surface area contributed by atoms with E-state index in [0.29, 0.717) is 6.54 Å². The maximum Gasteiger partial charge on any atom is 0.128 e. The first-order valence-corrected chi connectivity index (χ1v) is 11.1. The van der Waals surface area contributed by atoms with E-state index < -0.39 is 0 Å². The number of amidine groups is 1. The van der Waals surface area contributed by atoms with Crippen LogP contribution >= 0.6 is 11.6 Å². The van der Waals surface area contributed by atoms with Gasteiger partial charge in [-0.15, -0.1) is 0 Å². The van der Waals surface area contributed by atoms with E-state index in [1.807, 2.05) is 18.2 Å². The van der Waals surface area contributed by atoms with Crippen LogP contribution in [0.3, 0.4) is 0 Å². The third-order valence-corrected chi connectivity index (χ3v) is 6.41. The first-order chi connectivity index (χ1) is 14.4. The van der Waals surface area contributed by atoms with Crippen molar-refractivity contribution in [3.63, 3.8) is 0 Å². The van der Waals surface area contributed by atoms with Gasteiger partial charge in [0, 0.05) is 39.8 Å². The minimum atomic E-state index is -0.118. The maximum absolute atomic E-state index is 6.18. The molecule has 160 valence electrons. The third kappa shape index (κ3) is 4.08. The van der Waals surface area contributed by atoms with Crippen LogP contribution in [0.2, 0.25) is 5.02 Å². The molecule has 0 atom stereocenters. The van der Waals surface area contributed by atoms with Crippen molar-refractivity contribution in [2.45, 2.75) is 44.2 Å². The lowest BCUT2D eigenvalue weighted by Crippen LogP contribution is -2.54. The van der Waals surface area contributed by atoms with Gasteiger partial charge < -0.3 is 20.4 Å². The van der Waals surface area contributed by atoms with Gasteiger partial charge in [-0.2, -0.15) is 0 Å². The summed E-state index contributed by atoms with van der Waals surface area (Å²) in [5, 5.41) is 8.33. The Morgan fingerprint density at radius 1 is 1.00 bits per heavy atom. The highest BCUT2D eigenvalue weighted by Crippen LogP contribution is 2.44. The van der Waals surface area contributed by atoms with Crippen molar-refractivity contribution in [2.75, 3.05) is 43.3 Å². The Morgan fingerprint density at radius 2 is 1.70 bits per heavy atom. The smallest absolute Gasteiger partial charge is 0.128 e. The number of nitrogens with one attached hydrogen (secondary N) is 2. The minimum Gasteiger partial charge on any atom is -0.376 e. The number of halogens is 1. The van der Waals surface area contributed by atoms with Crippen LogP contribution in [0.15, 0.2) is 41.4 Å². The average molecular weight is 426 g/mol. The lowest BCUT2D eigenvalue weighted by Gasteiger charge is -2.43. The highest BCUT2D eigenvalue weighted by molar-refractivity contribution is 6.30. The number of rotatable bonds is 4. The van der Waals surface area contributed by atoms with Crippen LogP contribution in [0, 0.1) is 0 Å². The molecule has 1 spiro atoms. The highest BCUT2D eigenvalue weighted by Gasteiger charge is 2.40. The summed E-state index contributed by atoms with van der Waals surface area (Å²) in [4.78, 5) is 9.48. The van der Waals surface area contributed by atoms with Crippen LogP contribution in [-0.2, 0) is 6.54 Å². The summed E-state index contributed by atoms with van der Waals surface area (Å²) in [6, 6.07) is 12.5. The van der Waals surface area contributed by atoms with E-state index in [1.165, 1.54) is 30.5 Å². The lowest BCUT2D eigenvalue weighted by molar-refractivity contribution is 0.396. The molecule has 2 aromatic carbocycles. The Bertz CT molecular complexity index is 945. The molecule has 0 saturated heterocycles. The van der Waals surface area contributed by atoms with Gasteiger partial charge >= 0.3 is 0 Å². The molecule has 4 rings (SSSR count). The topological polar surface area (TPSA) is 42.9 Å². The molecule has 1 aliphatic carbocycles. The molecule has 6 heteroatoms. The highest BCUT2D eigenvalue weighted by atomic mass is 35.5. The van der Waals surface area contributed by atoms with Gasteiger partial charge in [0.1, 0.15) is 5.84 Å². The minimum absolute atomic E-state index is 0.118. The van der Waals surface area contributed by atoms with Crippen molar-refractivity contribution in [3.05, 3.63) is 47.0 Å². The van der Waals surface area contributed by atoms with E-state index in [-0.39, 0.29) is 5.54 Å². The fourth-order valence-corrected chi connectivity index (χ4v) is 4.79. The molecule has 1 aliphatic heterocycles. The molecule has 0 bridgehead atoms. The molecule has 1 saturated carbocycles. The van der Waals surface area contributed by atoms with Crippen LogP contribution in [0.4, 0.5) is 22.7 Å². The Balaban J connectivity index is 1.72. The van der Waals surface area contributed by atoms with E-state index in [4.69, 9.17) is 16.6 Å². The Kier molecular flexibility index (Phi) is 5.83. The van der Waals surface area contributed by atoms with E-state index in [2.05, 4.69) is 66.8 Å².